The van der Waals surface area contributed by atoms with Crippen molar-refractivity contribution in [1.29, 1.82) is 0 Å². The summed E-state index contributed by atoms with van der Waals surface area (Å²) in [4.78, 5) is 0. The first-order valence-electron chi connectivity index (χ1n) is 4.53. The summed E-state index contributed by atoms with van der Waals surface area (Å²) < 4.78 is 0. The van der Waals surface area contributed by atoms with Crippen LogP contribution in [-0.4, -0.2) is 7.28 Å². The zero-order valence-electron chi connectivity index (χ0n) is 7.25. The highest BCUT2D eigenvalue weighted by Crippen LogP contribution is 2.18. The topological polar surface area (TPSA) is 0 Å². The molecule has 0 bridgehead atoms. The zero-order chi connectivity index (χ0) is 8.67. The van der Waals surface area contributed by atoms with Crippen molar-refractivity contribution in [3.05, 3.63) is 48.5 Å². The van der Waals surface area contributed by atoms with Crippen LogP contribution in [0.1, 0.15) is 0 Å². The Morgan fingerprint density at radius 2 is 1.77 bits per heavy atom. The second kappa shape index (κ2) is 2.49. The lowest BCUT2D eigenvalue weighted by molar-refractivity contribution is 1.70. The molecule has 1 aliphatic rings. The normalized spacial score (nSPS) is 11.7. The Kier molecular flexibility index (Phi) is 1.34. The third-order valence-electron chi connectivity index (χ3n) is 2.62. The van der Waals surface area contributed by atoms with Gasteiger partial charge in [0.2, 0.25) is 0 Å². The van der Waals surface area contributed by atoms with E-state index in [0.717, 1.165) is 7.28 Å². The second-order valence-electron chi connectivity index (χ2n) is 3.40. The van der Waals surface area contributed by atoms with E-state index in [1.165, 1.54) is 22.1 Å². The third kappa shape index (κ3) is 0.935. The molecule has 0 unspecified atom stereocenters. The SMILES string of the molecule is B1c2[c]cccc2-c2ccccc21. The van der Waals surface area contributed by atoms with Crippen molar-refractivity contribution < 1.29 is 0 Å². The highest BCUT2D eigenvalue weighted by molar-refractivity contribution is 6.73. The fourth-order valence-electron chi connectivity index (χ4n) is 2.00. The molecule has 2 aromatic rings. The minimum atomic E-state index is 1.05. The van der Waals surface area contributed by atoms with Crippen LogP contribution in [0.3, 0.4) is 0 Å². The van der Waals surface area contributed by atoms with Gasteiger partial charge in [0.05, 0.1) is 0 Å². The summed E-state index contributed by atoms with van der Waals surface area (Å²) in [6.45, 7) is 0. The van der Waals surface area contributed by atoms with Crippen molar-refractivity contribution in [3.63, 3.8) is 0 Å². The summed E-state index contributed by atoms with van der Waals surface area (Å²) in [6, 6.07) is 18.1. The Morgan fingerprint density at radius 1 is 0.923 bits per heavy atom. The van der Waals surface area contributed by atoms with Gasteiger partial charge in [-0.1, -0.05) is 53.4 Å². The van der Waals surface area contributed by atoms with Gasteiger partial charge in [-0.25, -0.2) is 0 Å². The standard InChI is InChI=1S/C12H8B/c1-3-7-11-9(5-1)10-6-2-4-8-12(10)13-11/h1-7,13H. The van der Waals surface area contributed by atoms with Crippen LogP contribution < -0.4 is 10.9 Å². The van der Waals surface area contributed by atoms with Crippen molar-refractivity contribution >= 4 is 18.2 Å². The first-order valence-corrected chi connectivity index (χ1v) is 4.53. The number of hydrogen-bond donors (Lipinski definition) is 0. The summed E-state index contributed by atoms with van der Waals surface area (Å²) in [5, 5.41) is 0. The molecule has 0 spiro atoms. The lowest BCUT2D eigenvalue weighted by Crippen LogP contribution is -2.20. The van der Waals surface area contributed by atoms with E-state index in [0.29, 0.717) is 0 Å². The van der Waals surface area contributed by atoms with Crippen molar-refractivity contribution in [2.24, 2.45) is 0 Å². The quantitative estimate of drug-likeness (QED) is 0.431. The molecule has 1 radical (unpaired) electrons. The van der Waals surface area contributed by atoms with Crippen LogP contribution in [-0.2, 0) is 0 Å². The summed E-state index contributed by atoms with van der Waals surface area (Å²) in [6.07, 6.45) is 0. The molecular formula is C12H8B. The maximum Gasteiger partial charge on any atom is 0.194 e. The number of benzene rings is 2. The molecule has 0 saturated heterocycles. The van der Waals surface area contributed by atoms with Crippen LogP contribution in [0.2, 0.25) is 0 Å². The van der Waals surface area contributed by atoms with Gasteiger partial charge in [-0.05, 0) is 17.2 Å². The van der Waals surface area contributed by atoms with Gasteiger partial charge in [-0.2, -0.15) is 0 Å². The molecule has 0 atom stereocenters. The highest BCUT2D eigenvalue weighted by Gasteiger charge is 2.17. The van der Waals surface area contributed by atoms with Crippen molar-refractivity contribution in [2.45, 2.75) is 0 Å². The van der Waals surface area contributed by atoms with Crippen LogP contribution in [0, 0.1) is 6.07 Å². The van der Waals surface area contributed by atoms with Crippen LogP contribution in [0.5, 0.6) is 0 Å². The summed E-state index contributed by atoms with van der Waals surface area (Å²) in [5.74, 6) is 0. The molecule has 2 aromatic carbocycles. The number of fused-ring (bicyclic) bond motifs is 3. The maximum atomic E-state index is 3.30. The molecule has 59 valence electrons. The van der Waals surface area contributed by atoms with E-state index in [-0.39, 0.29) is 0 Å². The Labute approximate surface area is 78.5 Å². The van der Waals surface area contributed by atoms with Crippen molar-refractivity contribution in [3.8, 4) is 11.1 Å². The minimum absolute atomic E-state index is 1.05. The first-order chi connectivity index (χ1) is 6.45. The number of hydrogen-bond acceptors (Lipinski definition) is 0. The molecule has 1 aliphatic heterocycles. The summed E-state index contributed by atoms with van der Waals surface area (Å²) >= 11 is 0. The van der Waals surface area contributed by atoms with Gasteiger partial charge in [-0.3, -0.25) is 0 Å². The predicted octanol–water partition coefficient (Wildman–Crippen LogP) is 0.854. The smallest absolute Gasteiger partial charge is 0.0708 e. The monoisotopic (exact) mass is 163 g/mol. The lowest BCUT2D eigenvalue weighted by atomic mass is 9.68. The fourth-order valence-corrected chi connectivity index (χ4v) is 2.00. The number of rotatable bonds is 0. The fraction of sp³-hybridized carbons (Fsp3) is 0. The Morgan fingerprint density at radius 3 is 2.77 bits per heavy atom. The van der Waals surface area contributed by atoms with E-state index in [2.05, 4.69) is 42.5 Å². The average molecular weight is 163 g/mol. The van der Waals surface area contributed by atoms with Gasteiger partial charge >= 0.3 is 0 Å². The van der Waals surface area contributed by atoms with E-state index in [1.54, 1.807) is 0 Å². The molecule has 0 amide bonds. The van der Waals surface area contributed by atoms with Crippen LogP contribution in [0.25, 0.3) is 11.1 Å². The molecule has 3 rings (SSSR count). The average Bonchev–Trinajstić information content (AvgIpc) is 2.56. The molecule has 0 nitrogen and oxygen atoms in total. The molecule has 0 fully saturated rings. The molecule has 0 aliphatic carbocycles. The highest BCUT2D eigenvalue weighted by atomic mass is 14.1. The Bertz CT molecular complexity index is 417. The van der Waals surface area contributed by atoms with E-state index < -0.39 is 0 Å². The van der Waals surface area contributed by atoms with Gasteiger partial charge < -0.3 is 0 Å². The zero-order valence-corrected chi connectivity index (χ0v) is 7.25. The Hall–Kier alpha value is -1.50. The van der Waals surface area contributed by atoms with Gasteiger partial charge in [0.1, 0.15) is 0 Å². The molecular weight excluding hydrogens is 155 g/mol. The van der Waals surface area contributed by atoms with Crippen LogP contribution in [0.4, 0.5) is 0 Å². The van der Waals surface area contributed by atoms with Crippen LogP contribution >= 0.6 is 0 Å². The lowest BCUT2D eigenvalue weighted by Gasteiger charge is -1.98. The van der Waals surface area contributed by atoms with E-state index in [1.807, 2.05) is 6.07 Å². The van der Waals surface area contributed by atoms with E-state index in [9.17, 15) is 0 Å². The summed E-state index contributed by atoms with van der Waals surface area (Å²) in [7, 11) is 1.05. The summed E-state index contributed by atoms with van der Waals surface area (Å²) in [5.41, 5.74) is 5.51. The second-order valence-corrected chi connectivity index (χ2v) is 3.40. The molecule has 0 aromatic heterocycles. The Balaban J connectivity index is 2.32. The van der Waals surface area contributed by atoms with Gasteiger partial charge in [0.25, 0.3) is 0 Å². The third-order valence-corrected chi connectivity index (χ3v) is 2.62. The molecule has 1 heterocycles. The van der Waals surface area contributed by atoms with Gasteiger partial charge in [0, 0.05) is 0 Å². The molecule has 1 heteroatoms. The van der Waals surface area contributed by atoms with Gasteiger partial charge in [-0.15, -0.1) is 0 Å². The van der Waals surface area contributed by atoms with Gasteiger partial charge in [0.15, 0.2) is 7.28 Å². The molecule has 0 N–H and O–H groups in total. The van der Waals surface area contributed by atoms with Crippen molar-refractivity contribution in [1.82, 2.24) is 0 Å². The molecule has 13 heavy (non-hydrogen) atoms. The first kappa shape index (κ1) is 6.96. The minimum Gasteiger partial charge on any atom is -0.0708 e. The van der Waals surface area contributed by atoms with E-state index in [4.69, 9.17) is 0 Å². The predicted molar refractivity (Wildman–Crippen MR) is 57.1 cm³/mol. The maximum absolute atomic E-state index is 3.30. The largest absolute Gasteiger partial charge is 0.194 e. The van der Waals surface area contributed by atoms with Crippen molar-refractivity contribution in [2.75, 3.05) is 0 Å². The van der Waals surface area contributed by atoms with E-state index >= 15 is 0 Å². The molecule has 0 saturated carbocycles. The van der Waals surface area contributed by atoms with Crippen LogP contribution in [0.15, 0.2) is 42.5 Å².